The highest BCUT2D eigenvalue weighted by Crippen LogP contribution is 2.40. The zero-order chi connectivity index (χ0) is 11.8. The molecule has 0 amide bonds. The predicted molar refractivity (Wildman–Crippen MR) is 69.7 cm³/mol. The lowest BCUT2D eigenvalue weighted by Gasteiger charge is -2.03. The van der Waals surface area contributed by atoms with E-state index in [1.165, 1.54) is 16.0 Å². The fraction of sp³-hybridized carbons (Fsp3) is 0.308. The Morgan fingerprint density at radius 1 is 1.47 bits per heavy atom. The van der Waals surface area contributed by atoms with Crippen LogP contribution in [0.15, 0.2) is 18.2 Å². The third kappa shape index (κ3) is 1.73. The Morgan fingerprint density at radius 2 is 2.35 bits per heavy atom. The molecule has 1 aromatic carbocycles. The molecule has 1 aromatic heterocycles. The lowest BCUT2D eigenvalue weighted by atomic mass is 10.1. The molecule has 2 aromatic rings. The third-order valence-corrected chi connectivity index (χ3v) is 4.14. The zero-order valence-corrected chi connectivity index (χ0v) is 10.5. The van der Waals surface area contributed by atoms with E-state index in [9.17, 15) is 0 Å². The van der Waals surface area contributed by atoms with Crippen LogP contribution in [0, 0.1) is 0 Å². The van der Waals surface area contributed by atoms with Crippen LogP contribution in [0.3, 0.4) is 0 Å². The Morgan fingerprint density at radius 3 is 3.12 bits per heavy atom. The first kappa shape index (κ1) is 10.7. The number of nitrogens with zero attached hydrogens (tertiary/aromatic N) is 1. The summed E-state index contributed by atoms with van der Waals surface area (Å²) in [5.41, 5.74) is 9.27. The molecule has 4 heteroatoms. The highest BCUT2D eigenvalue weighted by molar-refractivity contribution is 7.12. The highest BCUT2D eigenvalue weighted by Gasteiger charge is 2.23. The molecule has 0 atom stereocenters. The summed E-state index contributed by atoms with van der Waals surface area (Å²) in [5, 5.41) is 1.14. The van der Waals surface area contributed by atoms with Crippen molar-refractivity contribution in [2.75, 3.05) is 13.7 Å². The van der Waals surface area contributed by atoms with Crippen LogP contribution in [-0.4, -0.2) is 18.6 Å². The number of fused-ring (bicyclic) bond motifs is 3. The summed E-state index contributed by atoms with van der Waals surface area (Å²) >= 11 is 1.78. The van der Waals surface area contributed by atoms with Gasteiger partial charge in [0, 0.05) is 23.3 Å². The van der Waals surface area contributed by atoms with Gasteiger partial charge in [0.2, 0.25) is 0 Å². The van der Waals surface area contributed by atoms with Gasteiger partial charge in [0.05, 0.1) is 17.8 Å². The van der Waals surface area contributed by atoms with E-state index in [1.54, 1.807) is 18.4 Å². The molecule has 3 rings (SSSR count). The van der Waals surface area contributed by atoms with Crippen LogP contribution in [0.2, 0.25) is 0 Å². The number of rotatable bonds is 3. The molecule has 1 heterocycles. The van der Waals surface area contributed by atoms with Gasteiger partial charge in [-0.1, -0.05) is 6.07 Å². The van der Waals surface area contributed by atoms with Gasteiger partial charge in [0.25, 0.3) is 0 Å². The minimum atomic E-state index is 0.664. The second-order valence-corrected chi connectivity index (χ2v) is 5.29. The second-order valence-electron chi connectivity index (χ2n) is 4.12. The van der Waals surface area contributed by atoms with Crippen LogP contribution in [0.1, 0.15) is 15.4 Å². The lowest BCUT2D eigenvalue weighted by molar-refractivity contribution is 0.415. The molecule has 3 nitrogen and oxygen atoms in total. The van der Waals surface area contributed by atoms with E-state index in [-0.39, 0.29) is 0 Å². The molecule has 0 unspecified atom stereocenters. The quantitative estimate of drug-likeness (QED) is 0.771. The molecule has 0 fully saturated rings. The molecule has 0 bridgehead atoms. The Bertz CT molecular complexity index is 563. The Kier molecular flexibility index (Phi) is 2.61. The SMILES string of the molecule is COc1ccc2c(c1)-c1nc(CCN)sc1C2. The molecule has 0 saturated heterocycles. The Hall–Kier alpha value is -1.39. The van der Waals surface area contributed by atoms with Crippen molar-refractivity contribution in [2.24, 2.45) is 5.73 Å². The number of thiazole rings is 1. The van der Waals surface area contributed by atoms with Gasteiger partial charge in [-0.3, -0.25) is 0 Å². The van der Waals surface area contributed by atoms with Crippen molar-refractivity contribution in [1.82, 2.24) is 4.98 Å². The maximum atomic E-state index is 5.57. The summed E-state index contributed by atoms with van der Waals surface area (Å²) in [6, 6.07) is 6.22. The molecule has 1 aliphatic carbocycles. The van der Waals surface area contributed by atoms with Crippen LogP contribution < -0.4 is 10.5 Å². The molecule has 88 valence electrons. The minimum Gasteiger partial charge on any atom is -0.497 e. The highest BCUT2D eigenvalue weighted by atomic mass is 32.1. The van der Waals surface area contributed by atoms with E-state index >= 15 is 0 Å². The number of nitrogens with two attached hydrogens (primary N) is 1. The molecule has 0 spiro atoms. The monoisotopic (exact) mass is 246 g/mol. The van der Waals surface area contributed by atoms with Crippen molar-refractivity contribution < 1.29 is 4.74 Å². The maximum Gasteiger partial charge on any atom is 0.119 e. The van der Waals surface area contributed by atoms with Crippen molar-refractivity contribution in [2.45, 2.75) is 12.8 Å². The summed E-state index contributed by atoms with van der Waals surface area (Å²) < 4.78 is 5.26. The van der Waals surface area contributed by atoms with E-state index < -0.39 is 0 Å². The van der Waals surface area contributed by atoms with Crippen LogP contribution in [0.25, 0.3) is 11.3 Å². The molecule has 1 aliphatic rings. The molecular weight excluding hydrogens is 232 g/mol. The van der Waals surface area contributed by atoms with E-state index in [1.807, 2.05) is 6.07 Å². The first-order valence-electron chi connectivity index (χ1n) is 5.67. The van der Waals surface area contributed by atoms with Crippen molar-refractivity contribution in [3.8, 4) is 17.0 Å². The van der Waals surface area contributed by atoms with E-state index in [2.05, 4.69) is 17.1 Å². The van der Waals surface area contributed by atoms with Gasteiger partial charge < -0.3 is 10.5 Å². The van der Waals surface area contributed by atoms with Crippen LogP contribution in [0.4, 0.5) is 0 Å². The maximum absolute atomic E-state index is 5.57. The lowest BCUT2D eigenvalue weighted by Crippen LogP contribution is -2.02. The van der Waals surface area contributed by atoms with Crippen molar-refractivity contribution >= 4 is 11.3 Å². The molecule has 0 aliphatic heterocycles. The largest absolute Gasteiger partial charge is 0.497 e. The van der Waals surface area contributed by atoms with E-state index in [0.717, 1.165) is 29.3 Å². The third-order valence-electron chi connectivity index (χ3n) is 3.02. The number of hydrogen-bond donors (Lipinski definition) is 1. The van der Waals surface area contributed by atoms with Crippen LogP contribution >= 0.6 is 11.3 Å². The van der Waals surface area contributed by atoms with Crippen molar-refractivity contribution in [3.63, 3.8) is 0 Å². The minimum absolute atomic E-state index is 0.664. The summed E-state index contributed by atoms with van der Waals surface area (Å²) in [6.07, 6.45) is 1.87. The smallest absolute Gasteiger partial charge is 0.119 e. The topological polar surface area (TPSA) is 48.1 Å². The van der Waals surface area contributed by atoms with Gasteiger partial charge in [-0.15, -0.1) is 11.3 Å². The predicted octanol–water partition coefficient (Wildman–Crippen LogP) is 2.22. The average molecular weight is 246 g/mol. The molecule has 0 saturated carbocycles. The number of benzene rings is 1. The standard InChI is InChI=1S/C13H14N2OS/c1-16-9-3-2-8-6-11-13(10(8)7-9)15-12(17-11)4-5-14/h2-3,7H,4-6,14H2,1H3. The van der Waals surface area contributed by atoms with Crippen LogP contribution in [-0.2, 0) is 12.8 Å². The number of ether oxygens (including phenoxy) is 1. The summed E-state index contributed by atoms with van der Waals surface area (Å²) in [5.74, 6) is 0.893. The Balaban J connectivity index is 2.05. The fourth-order valence-electron chi connectivity index (χ4n) is 2.19. The molecule has 2 N–H and O–H groups in total. The van der Waals surface area contributed by atoms with E-state index in [4.69, 9.17) is 10.5 Å². The summed E-state index contributed by atoms with van der Waals surface area (Å²) in [6.45, 7) is 0.664. The average Bonchev–Trinajstić information content (AvgIpc) is 2.86. The Labute approximate surface area is 104 Å². The summed E-state index contributed by atoms with van der Waals surface area (Å²) in [7, 11) is 1.69. The fourth-order valence-corrected chi connectivity index (χ4v) is 3.31. The first-order valence-corrected chi connectivity index (χ1v) is 6.49. The zero-order valence-electron chi connectivity index (χ0n) is 9.69. The molecule has 0 radical (unpaired) electrons. The number of aromatic nitrogens is 1. The summed E-state index contributed by atoms with van der Waals surface area (Å²) in [4.78, 5) is 6.04. The molecule has 17 heavy (non-hydrogen) atoms. The number of hydrogen-bond acceptors (Lipinski definition) is 4. The van der Waals surface area contributed by atoms with Gasteiger partial charge in [0.15, 0.2) is 0 Å². The van der Waals surface area contributed by atoms with Crippen molar-refractivity contribution in [1.29, 1.82) is 0 Å². The van der Waals surface area contributed by atoms with Gasteiger partial charge in [0.1, 0.15) is 5.75 Å². The second kappa shape index (κ2) is 4.13. The van der Waals surface area contributed by atoms with Gasteiger partial charge in [-0.05, 0) is 24.2 Å². The van der Waals surface area contributed by atoms with Crippen molar-refractivity contribution in [3.05, 3.63) is 33.6 Å². The molecular formula is C13H14N2OS. The first-order chi connectivity index (χ1) is 8.31. The van der Waals surface area contributed by atoms with E-state index in [0.29, 0.717) is 6.54 Å². The normalized spacial score (nSPS) is 12.4. The van der Waals surface area contributed by atoms with Gasteiger partial charge in [-0.2, -0.15) is 0 Å². The van der Waals surface area contributed by atoms with Crippen LogP contribution in [0.5, 0.6) is 5.75 Å². The van der Waals surface area contributed by atoms with Gasteiger partial charge in [-0.25, -0.2) is 4.98 Å². The number of methoxy groups -OCH3 is 1. The van der Waals surface area contributed by atoms with Gasteiger partial charge >= 0.3 is 0 Å².